The third-order valence-electron chi connectivity index (χ3n) is 5.92. The Morgan fingerprint density at radius 3 is 2.54 bits per heavy atom. The van der Waals surface area contributed by atoms with E-state index in [1.54, 1.807) is 25.1 Å². The second-order valence-corrected chi connectivity index (χ2v) is 7.90. The van der Waals surface area contributed by atoms with Gasteiger partial charge >= 0.3 is 6.03 Å². The largest absolute Gasteiger partial charge is 0.338 e. The van der Waals surface area contributed by atoms with Crippen molar-refractivity contribution in [1.29, 1.82) is 0 Å². The Hall–Kier alpha value is -2.96. The smallest absolute Gasteiger partial charge is 0.320 e. The standard InChI is InChI=1S/C21H25N5O2/c1-14-6-4-5-7-17(14)19-18-13-25(20(27)15-8-9-22-23-10-15)11-16(18)12-26(19)21(28)24(2)3/h4-10,16,18-19H,11-13H2,1-3H3/t16-,18-,19+/m1/s1. The highest BCUT2D eigenvalue weighted by Crippen LogP contribution is 2.46. The maximum atomic E-state index is 12.9. The van der Waals surface area contributed by atoms with Crippen LogP contribution in [0.1, 0.15) is 27.5 Å². The molecule has 0 aliphatic carbocycles. The van der Waals surface area contributed by atoms with E-state index in [0.717, 1.165) is 0 Å². The zero-order valence-electron chi connectivity index (χ0n) is 16.4. The predicted octanol–water partition coefficient (Wildman–Crippen LogP) is 2.21. The minimum atomic E-state index is -0.0190. The number of amides is 3. The van der Waals surface area contributed by atoms with Crippen LogP contribution in [0.5, 0.6) is 0 Å². The quantitative estimate of drug-likeness (QED) is 0.802. The molecule has 2 saturated heterocycles. The molecule has 0 bridgehead atoms. The third kappa shape index (κ3) is 3.10. The monoisotopic (exact) mass is 379 g/mol. The number of nitrogens with zero attached hydrogens (tertiary/aromatic N) is 5. The van der Waals surface area contributed by atoms with Crippen molar-refractivity contribution >= 4 is 11.9 Å². The van der Waals surface area contributed by atoms with Crippen LogP contribution in [-0.4, -0.2) is 70.6 Å². The summed E-state index contributed by atoms with van der Waals surface area (Å²) in [6, 6.07) is 9.94. The number of aromatic nitrogens is 2. The second kappa shape index (κ2) is 7.22. The van der Waals surface area contributed by atoms with Gasteiger partial charge in [0.15, 0.2) is 0 Å². The average Bonchev–Trinajstić information content (AvgIpc) is 3.26. The highest BCUT2D eigenvalue weighted by Gasteiger charge is 2.50. The number of carbonyl (C=O) groups excluding carboxylic acids is 2. The minimum absolute atomic E-state index is 0.0154. The lowest BCUT2D eigenvalue weighted by Gasteiger charge is -2.32. The fourth-order valence-corrected chi connectivity index (χ4v) is 4.58. The Balaban J connectivity index is 1.63. The van der Waals surface area contributed by atoms with Crippen LogP contribution in [0.15, 0.2) is 42.7 Å². The van der Waals surface area contributed by atoms with Crippen molar-refractivity contribution in [2.24, 2.45) is 11.8 Å². The van der Waals surface area contributed by atoms with E-state index >= 15 is 0 Å². The fourth-order valence-electron chi connectivity index (χ4n) is 4.58. The normalized spacial score (nSPS) is 23.6. The van der Waals surface area contributed by atoms with E-state index < -0.39 is 0 Å². The number of hydrogen-bond donors (Lipinski definition) is 0. The summed E-state index contributed by atoms with van der Waals surface area (Å²) in [5, 5.41) is 7.57. The molecule has 2 aliphatic heterocycles. The van der Waals surface area contributed by atoms with Gasteiger partial charge in [-0.2, -0.15) is 10.2 Å². The summed E-state index contributed by atoms with van der Waals surface area (Å²) in [6.45, 7) is 4.05. The number of urea groups is 1. The Morgan fingerprint density at radius 1 is 1.07 bits per heavy atom. The summed E-state index contributed by atoms with van der Waals surface area (Å²) in [6.07, 6.45) is 3.05. The van der Waals surface area contributed by atoms with E-state index in [1.807, 2.05) is 21.9 Å². The van der Waals surface area contributed by atoms with Gasteiger partial charge in [-0.3, -0.25) is 4.79 Å². The molecule has 146 valence electrons. The van der Waals surface area contributed by atoms with Crippen LogP contribution in [0, 0.1) is 18.8 Å². The molecule has 0 saturated carbocycles. The van der Waals surface area contributed by atoms with Gasteiger partial charge in [0.05, 0.1) is 24.0 Å². The summed E-state index contributed by atoms with van der Waals surface area (Å²) in [5.74, 6) is 0.481. The highest BCUT2D eigenvalue weighted by molar-refractivity contribution is 5.94. The number of benzene rings is 1. The molecule has 2 aromatic rings. The zero-order chi connectivity index (χ0) is 19.8. The van der Waals surface area contributed by atoms with E-state index in [1.165, 1.54) is 23.5 Å². The van der Waals surface area contributed by atoms with Crippen LogP contribution < -0.4 is 0 Å². The summed E-state index contributed by atoms with van der Waals surface area (Å²) in [5.41, 5.74) is 2.90. The third-order valence-corrected chi connectivity index (χ3v) is 5.92. The number of carbonyl (C=O) groups is 2. The van der Waals surface area contributed by atoms with Crippen LogP contribution in [-0.2, 0) is 0 Å². The van der Waals surface area contributed by atoms with Crippen LogP contribution in [0.4, 0.5) is 4.79 Å². The molecule has 1 aromatic carbocycles. The molecule has 2 aliphatic rings. The van der Waals surface area contributed by atoms with Crippen molar-refractivity contribution in [2.45, 2.75) is 13.0 Å². The summed E-state index contributed by atoms with van der Waals surface area (Å²) >= 11 is 0. The first-order valence-corrected chi connectivity index (χ1v) is 9.56. The van der Waals surface area contributed by atoms with Crippen LogP contribution in [0.3, 0.4) is 0 Å². The van der Waals surface area contributed by atoms with E-state index in [9.17, 15) is 9.59 Å². The lowest BCUT2D eigenvalue weighted by Crippen LogP contribution is -2.42. The molecule has 4 rings (SSSR count). The van der Waals surface area contributed by atoms with Crippen molar-refractivity contribution in [1.82, 2.24) is 24.9 Å². The van der Waals surface area contributed by atoms with Crippen molar-refractivity contribution in [3.8, 4) is 0 Å². The van der Waals surface area contributed by atoms with Gasteiger partial charge in [-0.25, -0.2) is 4.79 Å². The summed E-state index contributed by atoms with van der Waals surface area (Å²) < 4.78 is 0. The van der Waals surface area contributed by atoms with Crippen LogP contribution in [0.25, 0.3) is 0 Å². The second-order valence-electron chi connectivity index (χ2n) is 7.90. The number of rotatable bonds is 2. The molecule has 0 unspecified atom stereocenters. The van der Waals surface area contributed by atoms with Crippen molar-refractivity contribution in [3.05, 3.63) is 59.4 Å². The molecule has 0 spiro atoms. The van der Waals surface area contributed by atoms with Gasteiger partial charge in [-0.05, 0) is 24.1 Å². The van der Waals surface area contributed by atoms with Crippen molar-refractivity contribution in [2.75, 3.05) is 33.7 Å². The van der Waals surface area contributed by atoms with Crippen molar-refractivity contribution in [3.63, 3.8) is 0 Å². The lowest BCUT2D eigenvalue weighted by atomic mass is 9.88. The molecular weight excluding hydrogens is 354 g/mol. The molecule has 0 radical (unpaired) electrons. The molecule has 3 amide bonds. The van der Waals surface area contributed by atoms with Crippen LogP contribution in [0.2, 0.25) is 0 Å². The average molecular weight is 379 g/mol. The van der Waals surface area contributed by atoms with Gasteiger partial charge < -0.3 is 14.7 Å². The van der Waals surface area contributed by atoms with Gasteiger partial charge in [0.1, 0.15) is 0 Å². The lowest BCUT2D eigenvalue weighted by molar-refractivity contribution is 0.0766. The molecule has 3 heterocycles. The minimum Gasteiger partial charge on any atom is -0.338 e. The Labute approximate surface area is 165 Å². The molecule has 7 heteroatoms. The zero-order valence-corrected chi connectivity index (χ0v) is 16.4. The first-order valence-electron chi connectivity index (χ1n) is 9.56. The van der Waals surface area contributed by atoms with Gasteiger partial charge in [0.25, 0.3) is 5.91 Å². The summed E-state index contributed by atoms with van der Waals surface area (Å²) in [4.78, 5) is 31.3. The Morgan fingerprint density at radius 2 is 1.86 bits per heavy atom. The Bertz CT molecular complexity index is 885. The van der Waals surface area contributed by atoms with E-state index in [-0.39, 0.29) is 29.8 Å². The molecule has 3 atom stereocenters. The predicted molar refractivity (Wildman–Crippen MR) is 105 cm³/mol. The first-order chi connectivity index (χ1) is 13.5. The molecule has 2 fully saturated rings. The van der Waals surface area contributed by atoms with E-state index in [4.69, 9.17) is 0 Å². The van der Waals surface area contributed by atoms with E-state index in [0.29, 0.717) is 25.2 Å². The highest BCUT2D eigenvalue weighted by atomic mass is 16.2. The molecule has 0 N–H and O–H groups in total. The maximum absolute atomic E-state index is 12.9. The Kier molecular flexibility index (Phi) is 4.75. The molecular formula is C21H25N5O2. The maximum Gasteiger partial charge on any atom is 0.320 e. The van der Waals surface area contributed by atoms with Crippen molar-refractivity contribution < 1.29 is 9.59 Å². The van der Waals surface area contributed by atoms with Gasteiger partial charge in [0.2, 0.25) is 0 Å². The van der Waals surface area contributed by atoms with E-state index in [2.05, 4.69) is 29.3 Å². The number of likely N-dealkylation sites (tertiary alicyclic amines) is 2. The summed E-state index contributed by atoms with van der Waals surface area (Å²) in [7, 11) is 3.58. The molecule has 1 aromatic heterocycles. The van der Waals surface area contributed by atoms with Gasteiger partial charge in [-0.15, -0.1) is 0 Å². The molecule has 7 nitrogen and oxygen atoms in total. The number of hydrogen-bond acceptors (Lipinski definition) is 4. The van der Waals surface area contributed by atoms with Gasteiger partial charge in [-0.1, -0.05) is 24.3 Å². The number of aryl methyl sites for hydroxylation is 1. The topological polar surface area (TPSA) is 69.6 Å². The van der Waals surface area contributed by atoms with Crippen LogP contribution >= 0.6 is 0 Å². The molecule has 28 heavy (non-hydrogen) atoms. The number of fused-ring (bicyclic) bond motifs is 1. The van der Waals surface area contributed by atoms with Gasteiger partial charge in [0, 0.05) is 45.6 Å². The fraction of sp³-hybridized carbons (Fsp3) is 0.429. The SMILES string of the molecule is Cc1ccccc1[C@H]1[C@@H]2CN(C(=O)c3ccnnc3)C[C@@H]2CN1C(=O)N(C)C. The first kappa shape index (κ1) is 18.4.